The first-order valence-electron chi connectivity index (χ1n) is 7.23. The summed E-state index contributed by atoms with van der Waals surface area (Å²) in [5.41, 5.74) is 1.68. The molecule has 1 N–H and O–H groups in total. The minimum atomic E-state index is -0.0432. The van der Waals surface area contributed by atoms with Gasteiger partial charge in [0.2, 0.25) is 6.41 Å². The molecule has 20 heavy (non-hydrogen) atoms. The largest absolute Gasteiger partial charge is 0.371 e. The second-order valence-electron chi connectivity index (χ2n) is 4.99. The van der Waals surface area contributed by atoms with E-state index < -0.39 is 0 Å². The Morgan fingerprint density at radius 3 is 2.65 bits per heavy atom. The van der Waals surface area contributed by atoms with Gasteiger partial charge in [0.1, 0.15) is 0 Å². The van der Waals surface area contributed by atoms with Crippen molar-refractivity contribution in [1.29, 1.82) is 0 Å². The van der Waals surface area contributed by atoms with Crippen LogP contribution >= 0.6 is 0 Å². The van der Waals surface area contributed by atoms with Crippen LogP contribution in [0, 0.1) is 0 Å². The Bertz CT molecular complexity index is 395. The zero-order valence-corrected chi connectivity index (χ0v) is 12.8. The monoisotopic (exact) mass is 278 g/mol. The first kappa shape index (κ1) is 16.5. The molecule has 112 valence electrons. The average Bonchev–Trinajstić information content (AvgIpc) is 2.48. The molecule has 0 aromatic rings. The second kappa shape index (κ2) is 7.90. The number of amides is 1. The molecule has 4 heteroatoms. The quantitative estimate of drug-likeness (QED) is 0.575. The van der Waals surface area contributed by atoms with E-state index in [4.69, 9.17) is 4.74 Å². The summed E-state index contributed by atoms with van der Waals surface area (Å²) in [4.78, 5) is 12.7. The lowest BCUT2D eigenvalue weighted by Crippen LogP contribution is -2.50. The van der Waals surface area contributed by atoms with Crippen LogP contribution in [0.2, 0.25) is 0 Å². The Hall–Kier alpha value is -1.55. The van der Waals surface area contributed by atoms with E-state index in [-0.39, 0.29) is 5.60 Å². The Morgan fingerprint density at radius 2 is 2.10 bits per heavy atom. The summed E-state index contributed by atoms with van der Waals surface area (Å²) < 4.78 is 5.98. The molecule has 0 bridgehead atoms. The van der Waals surface area contributed by atoms with Crippen molar-refractivity contribution < 1.29 is 9.53 Å². The lowest BCUT2D eigenvalue weighted by Gasteiger charge is -2.43. The molecule has 1 saturated heterocycles. The third kappa shape index (κ3) is 4.23. The van der Waals surface area contributed by atoms with Crippen LogP contribution < -0.4 is 5.32 Å². The van der Waals surface area contributed by atoms with Gasteiger partial charge in [-0.25, -0.2) is 0 Å². The van der Waals surface area contributed by atoms with Gasteiger partial charge in [0.15, 0.2) is 0 Å². The zero-order chi connectivity index (χ0) is 15.0. The molecule has 4 nitrogen and oxygen atoms in total. The van der Waals surface area contributed by atoms with Gasteiger partial charge in [-0.3, -0.25) is 4.79 Å². The van der Waals surface area contributed by atoms with E-state index >= 15 is 0 Å². The molecule has 0 radical (unpaired) electrons. The second-order valence-corrected chi connectivity index (χ2v) is 4.99. The number of ether oxygens (including phenoxy) is 1. The summed E-state index contributed by atoms with van der Waals surface area (Å²) >= 11 is 0. The maximum absolute atomic E-state index is 10.3. The molecular formula is C16H26N2O2. The van der Waals surface area contributed by atoms with Gasteiger partial charge < -0.3 is 15.0 Å². The highest BCUT2D eigenvalue weighted by Crippen LogP contribution is 2.27. The first-order valence-corrected chi connectivity index (χ1v) is 7.23. The van der Waals surface area contributed by atoms with Crippen LogP contribution in [0.4, 0.5) is 0 Å². The van der Waals surface area contributed by atoms with E-state index in [0.29, 0.717) is 12.1 Å². The van der Waals surface area contributed by atoms with Crippen molar-refractivity contribution in [2.45, 2.75) is 39.2 Å². The van der Waals surface area contributed by atoms with Gasteiger partial charge in [-0.2, -0.15) is 0 Å². The molecule has 0 unspecified atom stereocenters. The van der Waals surface area contributed by atoms with Crippen molar-refractivity contribution in [1.82, 2.24) is 10.2 Å². The van der Waals surface area contributed by atoms with E-state index in [1.807, 2.05) is 19.1 Å². The number of carbonyl (C=O) groups is 1. The van der Waals surface area contributed by atoms with Crippen molar-refractivity contribution in [3.8, 4) is 0 Å². The maximum atomic E-state index is 10.3. The smallest absolute Gasteiger partial charge is 0.211 e. The average molecular weight is 278 g/mol. The van der Waals surface area contributed by atoms with E-state index in [0.717, 1.165) is 38.2 Å². The summed E-state index contributed by atoms with van der Waals surface area (Å²) in [7, 11) is 0. The van der Waals surface area contributed by atoms with Gasteiger partial charge in [-0.1, -0.05) is 26.5 Å². The van der Waals surface area contributed by atoms with Gasteiger partial charge in [-0.15, -0.1) is 0 Å². The number of nitrogens with one attached hydrogen (secondary N) is 1. The molecule has 0 aromatic carbocycles. The Morgan fingerprint density at radius 1 is 1.40 bits per heavy atom. The van der Waals surface area contributed by atoms with Crippen LogP contribution in [-0.2, 0) is 9.53 Å². The standard InChI is InChI=1S/C16H26N2O2/c1-5-15(9-8-14(4)17-13-19)18-10-11-20-16(6-2,7-3)12-18/h5,8-9,13H,4,6-7,10-12H2,1-3H3,(H,17,19)/b9-8-,15-5+. The molecule has 1 amide bonds. The molecule has 1 heterocycles. The predicted octanol–water partition coefficient (Wildman–Crippen LogP) is 2.60. The number of rotatable bonds is 7. The Kier molecular flexibility index (Phi) is 6.52. The summed E-state index contributed by atoms with van der Waals surface area (Å²) in [5.74, 6) is 0. The third-order valence-electron chi connectivity index (χ3n) is 3.90. The molecule has 0 aromatic heterocycles. The minimum absolute atomic E-state index is 0.0432. The van der Waals surface area contributed by atoms with E-state index in [1.165, 1.54) is 0 Å². The normalized spacial score (nSPS) is 19.1. The van der Waals surface area contributed by atoms with E-state index in [2.05, 4.69) is 36.7 Å². The molecule has 0 spiro atoms. The lowest BCUT2D eigenvalue weighted by molar-refractivity contribution is -0.108. The fourth-order valence-electron chi connectivity index (χ4n) is 2.44. The summed E-state index contributed by atoms with van der Waals surface area (Å²) in [6.45, 7) is 12.7. The minimum Gasteiger partial charge on any atom is -0.371 e. The number of allylic oxidation sites excluding steroid dienone is 3. The van der Waals surface area contributed by atoms with Crippen LogP contribution in [0.3, 0.4) is 0 Å². The first-order chi connectivity index (χ1) is 9.60. The molecular weight excluding hydrogens is 252 g/mol. The van der Waals surface area contributed by atoms with Gasteiger partial charge in [0.25, 0.3) is 0 Å². The fraction of sp³-hybridized carbons (Fsp3) is 0.562. The van der Waals surface area contributed by atoms with Gasteiger partial charge in [0, 0.05) is 24.5 Å². The highest BCUT2D eigenvalue weighted by molar-refractivity contribution is 5.51. The van der Waals surface area contributed by atoms with Crippen LogP contribution in [-0.4, -0.2) is 36.6 Å². The molecule has 0 saturated carbocycles. The predicted molar refractivity (Wildman–Crippen MR) is 82.1 cm³/mol. The molecule has 1 rings (SSSR count). The highest BCUT2D eigenvalue weighted by atomic mass is 16.5. The van der Waals surface area contributed by atoms with Crippen molar-refractivity contribution in [3.05, 3.63) is 36.2 Å². The van der Waals surface area contributed by atoms with Crippen LogP contribution in [0.5, 0.6) is 0 Å². The SMILES string of the molecule is C=C(/C=C\C(=C/C)N1CCOC(CC)(CC)C1)NC=O. The van der Waals surface area contributed by atoms with Crippen molar-refractivity contribution in [2.24, 2.45) is 0 Å². The maximum Gasteiger partial charge on any atom is 0.211 e. The molecule has 1 aliphatic heterocycles. The van der Waals surface area contributed by atoms with Crippen LogP contribution in [0.1, 0.15) is 33.6 Å². The summed E-state index contributed by atoms with van der Waals surface area (Å²) in [6.07, 6.45) is 8.54. The number of nitrogens with zero attached hydrogens (tertiary/aromatic N) is 1. The summed E-state index contributed by atoms with van der Waals surface area (Å²) in [6, 6.07) is 0. The zero-order valence-electron chi connectivity index (χ0n) is 12.8. The van der Waals surface area contributed by atoms with Gasteiger partial charge in [-0.05, 0) is 31.9 Å². The van der Waals surface area contributed by atoms with Gasteiger partial charge >= 0.3 is 0 Å². The van der Waals surface area contributed by atoms with Crippen LogP contribution in [0.25, 0.3) is 0 Å². The Balaban J connectivity index is 2.75. The fourth-order valence-corrected chi connectivity index (χ4v) is 2.44. The summed E-state index contributed by atoms with van der Waals surface area (Å²) in [5, 5.41) is 2.53. The van der Waals surface area contributed by atoms with Crippen LogP contribution in [0.15, 0.2) is 36.2 Å². The van der Waals surface area contributed by atoms with Gasteiger partial charge in [0.05, 0.1) is 12.2 Å². The number of morpholine rings is 1. The topological polar surface area (TPSA) is 41.6 Å². The molecule has 0 aliphatic carbocycles. The van der Waals surface area contributed by atoms with Crippen molar-refractivity contribution in [3.63, 3.8) is 0 Å². The number of carbonyl (C=O) groups excluding carboxylic acids is 1. The Labute approximate surface area is 122 Å². The van der Waals surface area contributed by atoms with Crippen molar-refractivity contribution in [2.75, 3.05) is 19.7 Å². The number of hydrogen-bond donors (Lipinski definition) is 1. The van der Waals surface area contributed by atoms with Crippen molar-refractivity contribution >= 4 is 6.41 Å². The molecule has 1 fully saturated rings. The third-order valence-corrected chi connectivity index (χ3v) is 3.90. The van der Waals surface area contributed by atoms with E-state index in [1.54, 1.807) is 0 Å². The molecule has 1 aliphatic rings. The molecule has 0 atom stereocenters. The number of hydrogen-bond acceptors (Lipinski definition) is 3. The lowest BCUT2D eigenvalue weighted by atomic mass is 9.94. The van der Waals surface area contributed by atoms with E-state index in [9.17, 15) is 4.79 Å². The highest BCUT2D eigenvalue weighted by Gasteiger charge is 2.33.